The van der Waals surface area contributed by atoms with E-state index in [4.69, 9.17) is 0 Å². The average Bonchev–Trinajstić information content (AvgIpc) is 2.91. The van der Waals surface area contributed by atoms with E-state index in [1.165, 1.54) is 0 Å². The number of likely N-dealkylation sites (tertiary alicyclic amines) is 1. The molecule has 3 rings (SSSR count). The third-order valence-corrected chi connectivity index (χ3v) is 6.43. The van der Waals surface area contributed by atoms with Gasteiger partial charge in [-0.15, -0.1) is 0 Å². The van der Waals surface area contributed by atoms with Crippen molar-refractivity contribution in [1.29, 1.82) is 5.26 Å². The van der Waals surface area contributed by atoms with Crippen molar-refractivity contribution in [2.24, 2.45) is 10.8 Å². The number of nitrogens with zero attached hydrogens (tertiary/aromatic N) is 4. The first-order chi connectivity index (χ1) is 12.2. The van der Waals surface area contributed by atoms with Crippen LogP contribution < -0.4 is 0 Å². The second-order valence-corrected chi connectivity index (χ2v) is 9.06. The number of hydrogen-bond acceptors (Lipinski definition) is 4. The van der Waals surface area contributed by atoms with Gasteiger partial charge in [-0.1, -0.05) is 6.07 Å². The van der Waals surface area contributed by atoms with Crippen molar-refractivity contribution in [2.75, 3.05) is 27.2 Å². The van der Waals surface area contributed by atoms with Crippen LogP contribution in [0.1, 0.15) is 51.6 Å². The summed E-state index contributed by atoms with van der Waals surface area (Å²) in [6.07, 6.45) is 6.57. The number of aromatic nitrogens is 1. The summed E-state index contributed by atoms with van der Waals surface area (Å²) >= 11 is 0. The minimum atomic E-state index is -0.489. The molecule has 0 N–H and O–H groups in total. The number of rotatable bonds is 4. The van der Waals surface area contributed by atoms with Gasteiger partial charge in [-0.3, -0.25) is 14.7 Å². The maximum absolute atomic E-state index is 12.6. The first-order valence-corrected chi connectivity index (χ1v) is 9.50. The van der Waals surface area contributed by atoms with Crippen LogP contribution in [0.4, 0.5) is 0 Å². The van der Waals surface area contributed by atoms with Crippen LogP contribution in [-0.4, -0.2) is 47.9 Å². The molecular formula is C21H30N4O. The number of nitriles is 1. The van der Waals surface area contributed by atoms with Crippen molar-refractivity contribution < 1.29 is 4.79 Å². The molecule has 1 aromatic rings. The van der Waals surface area contributed by atoms with Crippen LogP contribution in [0.2, 0.25) is 0 Å². The molecule has 0 unspecified atom stereocenters. The Morgan fingerprint density at radius 2 is 1.96 bits per heavy atom. The summed E-state index contributed by atoms with van der Waals surface area (Å²) in [5, 5.41) is 9.30. The highest BCUT2D eigenvalue weighted by Gasteiger charge is 2.51. The van der Waals surface area contributed by atoms with E-state index in [-0.39, 0.29) is 16.9 Å². The van der Waals surface area contributed by atoms with Crippen LogP contribution in [-0.2, 0) is 10.3 Å². The molecule has 0 bridgehead atoms. The van der Waals surface area contributed by atoms with E-state index in [2.05, 4.69) is 42.2 Å². The summed E-state index contributed by atoms with van der Waals surface area (Å²) < 4.78 is 0. The molecule has 5 nitrogen and oxygen atoms in total. The van der Waals surface area contributed by atoms with Gasteiger partial charge in [0.15, 0.2) is 0 Å². The summed E-state index contributed by atoms with van der Waals surface area (Å²) in [4.78, 5) is 21.5. The SMILES string of the molecule is CN(C)[C@]1(c2ccccn2)CC[C@@]2(CC1)CC(=O)N(CC(C)(C)C#N)C2. The van der Waals surface area contributed by atoms with Gasteiger partial charge in [0.25, 0.3) is 0 Å². The lowest BCUT2D eigenvalue weighted by atomic mass is 9.65. The van der Waals surface area contributed by atoms with Crippen LogP contribution in [0.3, 0.4) is 0 Å². The number of carbonyl (C=O) groups excluding carboxylic acids is 1. The maximum atomic E-state index is 12.6. The monoisotopic (exact) mass is 354 g/mol. The number of amides is 1. The predicted molar refractivity (Wildman–Crippen MR) is 101 cm³/mol. The molecule has 1 aromatic heterocycles. The van der Waals surface area contributed by atoms with Crippen LogP contribution in [0.5, 0.6) is 0 Å². The molecule has 26 heavy (non-hydrogen) atoms. The van der Waals surface area contributed by atoms with Crippen molar-refractivity contribution >= 4 is 5.91 Å². The van der Waals surface area contributed by atoms with Crippen molar-refractivity contribution in [3.8, 4) is 6.07 Å². The maximum Gasteiger partial charge on any atom is 0.223 e. The van der Waals surface area contributed by atoms with Gasteiger partial charge in [-0.05, 0) is 71.2 Å². The smallest absolute Gasteiger partial charge is 0.223 e. The molecule has 0 atom stereocenters. The molecule has 140 valence electrons. The molecule has 0 aromatic carbocycles. The lowest BCUT2D eigenvalue weighted by Crippen LogP contribution is -2.48. The average molecular weight is 354 g/mol. The molecule has 1 saturated carbocycles. The number of carbonyl (C=O) groups is 1. The fourth-order valence-corrected chi connectivity index (χ4v) is 4.74. The Kier molecular flexibility index (Phi) is 4.83. The van der Waals surface area contributed by atoms with Gasteiger partial charge >= 0.3 is 0 Å². The summed E-state index contributed by atoms with van der Waals surface area (Å²) in [6, 6.07) is 8.46. The Morgan fingerprint density at radius 3 is 2.50 bits per heavy atom. The van der Waals surface area contributed by atoms with E-state index in [9.17, 15) is 10.1 Å². The van der Waals surface area contributed by atoms with Crippen LogP contribution in [0.15, 0.2) is 24.4 Å². The van der Waals surface area contributed by atoms with Gasteiger partial charge in [0.2, 0.25) is 5.91 Å². The molecule has 0 radical (unpaired) electrons. The molecule has 2 heterocycles. The van der Waals surface area contributed by atoms with Gasteiger partial charge in [0.05, 0.1) is 22.7 Å². The standard InChI is InChI=1S/C21H30N4O/c1-19(2,14-22)15-25-16-20(13-18(25)26)8-10-21(11-9-20,24(3)4)17-7-5-6-12-23-17/h5-7,12H,8-11,13,15-16H2,1-4H3/t20-,21-. The van der Waals surface area contributed by atoms with Gasteiger partial charge in [-0.2, -0.15) is 5.26 Å². The number of pyridine rings is 1. The van der Waals surface area contributed by atoms with Gasteiger partial charge in [0, 0.05) is 25.7 Å². The largest absolute Gasteiger partial charge is 0.341 e. The fraction of sp³-hybridized carbons (Fsp3) is 0.667. The van der Waals surface area contributed by atoms with Crippen molar-refractivity contribution in [2.45, 2.75) is 51.5 Å². The second kappa shape index (κ2) is 6.66. The zero-order valence-electron chi connectivity index (χ0n) is 16.5. The summed E-state index contributed by atoms with van der Waals surface area (Å²) in [5.41, 5.74) is 0.662. The molecule has 2 aliphatic rings. The Hall–Kier alpha value is -1.93. The lowest BCUT2D eigenvalue weighted by Gasteiger charge is -2.48. The zero-order valence-corrected chi connectivity index (χ0v) is 16.5. The Labute approximate surface area is 157 Å². The molecule has 1 aliphatic heterocycles. The number of hydrogen-bond donors (Lipinski definition) is 0. The third kappa shape index (κ3) is 3.35. The summed E-state index contributed by atoms with van der Waals surface area (Å²) in [7, 11) is 4.27. The predicted octanol–water partition coefficient (Wildman–Crippen LogP) is 3.18. The highest BCUT2D eigenvalue weighted by Crippen LogP contribution is 2.51. The third-order valence-electron chi connectivity index (χ3n) is 6.43. The van der Waals surface area contributed by atoms with E-state index in [0.717, 1.165) is 37.9 Å². The van der Waals surface area contributed by atoms with Crippen LogP contribution in [0, 0.1) is 22.2 Å². The highest BCUT2D eigenvalue weighted by atomic mass is 16.2. The molecule has 1 aliphatic carbocycles. The van der Waals surface area contributed by atoms with Gasteiger partial charge in [0.1, 0.15) is 0 Å². The fourth-order valence-electron chi connectivity index (χ4n) is 4.74. The van der Waals surface area contributed by atoms with Crippen molar-refractivity contribution in [1.82, 2.24) is 14.8 Å². The Balaban J connectivity index is 1.75. The topological polar surface area (TPSA) is 60.2 Å². The minimum absolute atomic E-state index is 0.0467. The van der Waals surface area contributed by atoms with Crippen molar-refractivity contribution in [3.05, 3.63) is 30.1 Å². The van der Waals surface area contributed by atoms with Gasteiger partial charge < -0.3 is 4.90 Å². The first kappa shape index (κ1) is 18.8. The summed E-state index contributed by atoms with van der Waals surface area (Å²) in [5.74, 6) is 0.212. The first-order valence-electron chi connectivity index (χ1n) is 9.50. The van der Waals surface area contributed by atoms with Crippen LogP contribution in [0.25, 0.3) is 0 Å². The normalized spacial score (nSPS) is 29.4. The molecule has 2 fully saturated rings. The van der Waals surface area contributed by atoms with E-state index in [0.29, 0.717) is 13.0 Å². The van der Waals surface area contributed by atoms with E-state index in [1.54, 1.807) is 0 Å². The molecule has 1 amide bonds. The summed E-state index contributed by atoms with van der Waals surface area (Å²) in [6.45, 7) is 5.14. The highest BCUT2D eigenvalue weighted by molar-refractivity contribution is 5.79. The lowest BCUT2D eigenvalue weighted by molar-refractivity contribution is -0.128. The Bertz CT molecular complexity index is 696. The van der Waals surface area contributed by atoms with E-state index in [1.807, 2.05) is 31.0 Å². The quantitative estimate of drug-likeness (QED) is 0.833. The second-order valence-electron chi connectivity index (χ2n) is 9.06. The van der Waals surface area contributed by atoms with Crippen molar-refractivity contribution in [3.63, 3.8) is 0 Å². The van der Waals surface area contributed by atoms with Crippen LogP contribution >= 0.6 is 0 Å². The Morgan fingerprint density at radius 1 is 1.27 bits per heavy atom. The van der Waals surface area contributed by atoms with E-state index < -0.39 is 5.41 Å². The zero-order chi connectivity index (χ0) is 19.0. The minimum Gasteiger partial charge on any atom is -0.341 e. The van der Waals surface area contributed by atoms with E-state index >= 15 is 0 Å². The molecule has 1 saturated heterocycles. The van der Waals surface area contributed by atoms with Gasteiger partial charge in [-0.25, -0.2) is 0 Å². The molecular weight excluding hydrogens is 324 g/mol. The molecule has 5 heteroatoms. The molecule has 1 spiro atoms.